The van der Waals surface area contributed by atoms with Crippen molar-refractivity contribution in [2.45, 2.75) is 23.4 Å². The standard InChI is InChI=1S/C9H10ClFN2O2S/c10-5-2-1-3-8(9(5)11)16(14,15)13-7-4-6(7)12/h1-3,6-7,13H,4,12H2. The van der Waals surface area contributed by atoms with E-state index in [9.17, 15) is 12.8 Å². The molecule has 0 amide bonds. The molecule has 0 heterocycles. The quantitative estimate of drug-likeness (QED) is 0.850. The van der Waals surface area contributed by atoms with Crippen molar-refractivity contribution in [3.05, 3.63) is 29.0 Å². The molecule has 1 aromatic carbocycles. The molecule has 0 radical (unpaired) electrons. The number of rotatable bonds is 3. The van der Waals surface area contributed by atoms with Crippen LogP contribution >= 0.6 is 11.6 Å². The molecular formula is C9H10ClFN2O2S. The molecule has 16 heavy (non-hydrogen) atoms. The fraction of sp³-hybridized carbons (Fsp3) is 0.333. The van der Waals surface area contributed by atoms with Gasteiger partial charge >= 0.3 is 0 Å². The molecular weight excluding hydrogens is 255 g/mol. The van der Waals surface area contributed by atoms with E-state index < -0.39 is 20.7 Å². The number of hydrogen-bond acceptors (Lipinski definition) is 3. The molecule has 1 aliphatic carbocycles. The van der Waals surface area contributed by atoms with Crippen LogP contribution in [0.15, 0.2) is 23.1 Å². The summed E-state index contributed by atoms with van der Waals surface area (Å²) in [5, 5.41) is -0.219. The molecule has 1 aromatic rings. The van der Waals surface area contributed by atoms with Crippen LogP contribution in [0.4, 0.5) is 4.39 Å². The van der Waals surface area contributed by atoms with Crippen LogP contribution in [0, 0.1) is 5.82 Å². The van der Waals surface area contributed by atoms with Crippen molar-refractivity contribution in [1.29, 1.82) is 0 Å². The van der Waals surface area contributed by atoms with Crippen LogP contribution in [0.1, 0.15) is 6.42 Å². The first-order valence-corrected chi connectivity index (χ1v) is 6.50. The van der Waals surface area contributed by atoms with Crippen molar-refractivity contribution in [1.82, 2.24) is 4.72 Å². The van der Waals surface area contributed by atoms with Crippen molar-refractivity contribution >= 4 is 21.6 Å². The first kappa shape index (κ1) is 11.8. The minimum Gasteiger partial charge on any atom is -0.326 e. The summed E-state index contributed by atoms with van der Waals surface area (Å²) in [6.45, 7) is 0. The molecule has 0 aromatic heterocycles. The van der Waals surface area contributed by atoms with E-state index >= 15 is 0 Å². The summed E-state index contributed by atoms with van der Waals surface area (Å²) >= 11 is 5.51. The highest BCUT2D eigenvalue weighted by molar-refractivity contribution is 7.89. The van der Waals surface area contributed by atoms with E-state index in [1.165, 1.54) is 12.1 Å². The Balaban J connectivity index is 2.32. The summed E-state index contributed by atoms with van der Waals surface area (Å²) in [4.78, 5) is -0.445. The van der Waals surface area contributed by atoms with E-state index in [0.717, 1.165) is 6.07 Å². The van der Waals surface area contributed by atoms with Crippen molar-refractivity contribution in [3.63, 3.8) is 0 Å². The summed E-state index contributed by atoms with van der Waals surface area (Å²) in [6, 6.07) is 3.35. The predicted molar refractivity (Wildman–Crippen MR) is 58.1 cm³/mol. The minimum absolute atomic E-state index is 0.183. The lowest BCUT2D eigenvalue weighted by molar-refractivity contribution is 0.556. The van der Waals surface area contributed by atoms with Gasteiger partial charge in [0, 0.05) is 12.1 Å². The third kappa shape index (κ3) is 2.20. The van der Waals surface area contributed by atoms with Crippen molar-refractivity contribution in [3.8, 4) is 0 Å². The highest BCUT2D eigenvalue weighted by atomic mass is 35.5. The number of sulfonamides is 1. The van der Waals surface area contributed by atoms with Crippen LogP contribution < -0.4 is 10.5 Å². The van der Waals surface area contributed by atoms with Gasteiger partial charge in [-0.2, -0.15) is 0 Å². The molecule has 2 atom stereocenters. The fourth-order valence-corrected chi connectivity index (χ4v) is 2.94. The summed E-state index contributed by atoms with van der Waals surface area (Å²) in [5.74, 6) is -0.939. The molecule has 1 saturated carbocycles. The molecule has 2 unspecified atom stereocenters. The van der Waals surface area contributed by atoms with E-state index in [2.05, 4.69) is 4.72 Å². The summed E-state index contributed by atoms with van der Waals surface area (Å²) in [6.07, 6.45) is 0.571. The topological polar surface area (TPSA) is 72.2 Å². The molecule has 7 heteroatoms. The maximum atomic E-state index is 13.5. The average molecular weight is 265 g/mol. The Morgan fingerprint density at radius 2 is 2.12 bits per heavy atom. The van der Waals surface area contributed by atoms with E-state index in [-0.39, 0.29) is 17.1 Å². The molecule has 0 saturated heterocycles. The van der Waals surface area contributed by atoms with Crippen LogP contribution in [0.3, 0.4) is 0 Å². The van der Waals surface area contributed by atoms with Crippen LogP contribution in [0.25, 0.3) is 0 Å². The second-order valence-electron chi connectivity index (χ2n) is 3.68. The van der Waals surface area contributed by atoms with Crippen molar-refractivity contribution in [2.75, 3.05) is 0 Å². The average Bonchev–Trinajstić information content (AvgIpc) is 2.85. The number of nitrogens with two attached hydrogens (primary N) is 1. The van der Waals surface area contributed by atoms with Gasteiger partial charge in [-0.3, -0.25) is 0 Å². The second-order valence-corrected chi connectivity index (χ2v) is 5.77. The molecule has 1 fully saturated rings. The van der Waals surface area contributed by atoms with Crippen LogP contribution in [0.5, 0.6) is 0 Å². The van der Waals surface area contributed by atoms with Gasteiger partial charge in [-0.05, 0) is 18.6 Å². The summed E-state index contributed by atoms with van der Waals surface area (Å²) < 4.78 is 39.3. The second kappa shape index (κ2) is 3.96. The van der Waals surface area contributed by atoms with Crippen molar-refractivity contribution in [2.24, 2.45) is 5.73 Å². The van der Waals surface area contributed by atoms with Gasteiger partial charge in [-0.1, -0.05) is 17.7 Å². The van der Waals surface area contributed by atoms with E-state index in [4.69, 9.17) is 17.3 Å². The first-order chi connectivity index (χ1) is 7.42. The van der Waals surface area contributed by atoms with Gasteiger partial charge in [0.05, 0.1) is 5.02 Å². The number of hydrogen-bond donors (Lipinski definition) is 2. The summed E-state index contributed by atoms with van der Waals surface area (Å²) in [7, 11) is -3.87. The monoisotopic (exact) mass is 264 g/mol. The van der Waals surface area contributed by atoms with Crippen molar-refractivity contribution < 1.29 is 12.8 Å². The van der Waals surface area contributed by atoms with Gasteiger partial charge in [-0.25, -0.2) is 17.5 Å². The van der Waals surface area contributed by atoms with E-state index in [1.54, 1.807) is 0 Å². The zero-order chi connectivity index (χ0) is 11.9. The molecule has 0 bridgehead atoms. The van der Waals surface area contributed by atoms with Gasteiger partial charge in [0.25, 0.3) is 0 Å². The zero-order valence-electron chi connectivity index (χ0n) is 8.15. The van der Waals surface area contributed by atoms with Gasteiger partial charge in [0.1, 0.15) is 4.90 Å². The van der Waals surface area contributed by atoms with Crippen LogP contribution in [-0.2, 0) is 10.0 Å². The maximum Gasteiger partial charge on any atom is 0.243 e. The zero-order valence-corrected chi connectivity index (χ0v) is 9.72. The molecule has 1 aliphatic rings. The number of benzene rings is 1. The normalized spacial score (nSPS) is 24.4. The van der Waals surface area contributed by atoms with Gasteiger partial charge in [0.2, 0.25) is 10.0 Å². The molecule has 4 nitrogen and oxygen atoms in total. The van der Waals surface area contributed by atoms with Gasteiger partial charge in [-0.15, -0.1) is 0 Å². The Kier molecular flexibility index (Phi) is 2.91. The highest BCUT2D eigenvalue weighted by Gasteiger charge is 2.38. The van der Waals surface area contributed by atoms with E-state index in [0.29, 0.717) is 6.42 Å². The highest BCUT2D eigenvalue weighted by Crippen LogP contribution is 2.25. The lowest BCUT2D eigenvalue weighted by Gasteiger charge is -2.07. The Hall–Kier alpha value is -0.690. The lowest BCUT2D eigenvalue weighted by Crippen LogP contribution is -2.30. The minimum atomic E-state index is -3.87. The SMILES string of the molecule is NC1CC1NS(=O)(=O)c1cccc(Cl)c1F. The Bertz CT molecular complexity index is 520. The molecule has 0 aliphatic heterocycles. The Labute approximate surface area is 97.6 Å². The fourth-order valence-electron chi connectivity index (χ4n) is 1.30. The molecule has 0 spiro atoms. The van der Waals surface area contributed by atoms with Gasteiger partial charge in [0.15, 0.2) is 5.82 Å². The summed E-state index contributed by atoms with van der Waals surface area (Å²) in [5.41, 5.74) is 5.47. The largest absolute Gasteiger partial charge is 0.326 e. The number of halogens is 2. The van der Waals surface area contributed by atoms with Crippen LogP contribution in [0.2, 0.25) is 5.02 Å². The number of nitrogens with one attached hydrogen (secondary N) is 1. The maximum absolute atomic E-state index is 13.5. The Morgan fingerprint density at radius 3 is 2.69 bits per heavy atom. The smallest absolute Gasteiger partial charge is 0.243 e. The third-order valence-electron chi connectivity index (χ3n) is 2.35. The first-order valence-electron chi connectivity index (χ1n) is 4.64. The van der Waals surface area contributed by atoms with E-state index in [1.807, 2.05) is 0 Å². The molecule has 2 rings (SSSR count). The van der Waals surface area contributed by atoms with Gasteiger partial charge < -0.3 is 5.73 Å². The predicted octanol–water partition coefficient (Wildman–Crippen LogP) is 0.857. The van der Waals surface area contributed by atoms with Crippen LogP contribution in [-0.4, -0.2) is 20.5 Å². The molecule has 3 N–H and O–H groups in total. The third-order valence-corrected chi connectivity index (χ3v) is 4.15. The lowest BCUT2D eigenvalue weighted by atomic mass is 10.3. The Morgan fingerprint density at radius 1 is 1.50 bits per heavy atom. The molecule has 88 valence electrons.